The number of allylic oxidation sites excluding steroid dienone is 1. The van der Waals surface area contributed by atoms with Gasteiger partial charge in [0.1, 0.15) is 18.5 Å². The number of epoxide rings is 1. The molecular formula is C26H42O2. The van der Waals surface area contributed by atoms with E-state index in [0.29, 0.717) is 12.7 Å². The third-order valence-corrected chi connectivity index (χ3v) is 5.61. The minimum absolute atomic E-state index is 0.330. The molecule has 0 amide bonds. The quantitative estimate of drug-likeness (QED) is 0.138. The standard InChI is InChI=1S/C26H42O2/c1-2-3-4-5-6-7-8-9-10-11-12-13-14-15-16-18-24-19-17-20-25(21-24)27-22-26-23-28-26/h2,17,19-21,26H,1,3-16,18,22-23H2. The minimum Gasteiger partial charge on any atom is -0.491 e. The molecule has 1 fully saturated rings. The van der Waals surface area contributed by atoms with Crippen LogP contribution in [0.3, 0.4) is 0 Å². The summed E-state index contributed by atoms with van der Waals surface area (Å²) in [6.07, 6.45) is 22.9. The fourth-order valence-electron chi connectivity index (χ4n) is 3.71. The first-order valence-electron chi connectivity index (χ1n) is 11.8. The first-order valence-corrected chi connectivity index (χ1v) is 11.8. The van der Waals surface area contributed by atoms with Crippen molar-refractivity contribution in [3.63, 3.8) is 0 Å². The smallest absolute Gasteiger partial charge is 0.119 e. The van der Waals surface area contributed by atoms with E-state index in [4.69, 9.17) is 9.47 Å². The summed E-state index contributed by atoms with van der Waals surface area (Å²) in [6.45, 7) is 5.33. The van der Waals surface area contributed by atoms with Crippen LogP contribution in [0.1, 0.15) is 95.5 Å². The third kappa shape index (κ3) is 12.2. The molecule has 1 unspecified atom stereocenters. The van der Waals surface area contributed by atoms with Crippen molar-refractivity contribution in [3.05, 3.63) is 42.5 Å². The Labute approximate surface area is 173 Å². The zero-order valence-electron chi connectivity index (χ0n) is 18.0. The number of rotatable bonds is 19. The Bertz CT molecular complexity index is 507. The molecule has 1 aromatic rings. The summed E-state index contributed by atoms with van der Waals surface area (Å²) >= 11 is 0. The molecule has 2 rings (SSSR count). The summed E-state index contributed by atoms with van der Waals surface area (Å²) in [7, 11) is 0. The van der Waals surface area contributed by atoms with Gasteiger partial charge in [-0.2, -0.15) is 0 Å². The van der Waals surface area contributed by atoms with E-state index in [1.807, 2.05) is 6.08 Å². The summed E-state index contributed by atoms with van der Waals surface area (Å²) in [5.41, 5.74) is 1.40. The van der Waals surface area contributed by atoms with Crippen LogP contribution in [0.4, 0.5) is 0 Å². The second-order valence-corrected chi connectivity index (χ2v) is 8.34. The van der Waals surface area contributed by atoms with Crippen molar-refractivity contribution in [3.8, 4) is 5.75 Å². The molecule has 0 spiro atoms. The van der Waals surface area contributed by atoms with Crippen molar-refractivity contribution in [1.82, 2.24) is 0 Å². The van der Waals surface area contributed by atoms with Crippen LogP contribution in [0, 0.1) is 0 Å². The van der Waals surface area contributed by atoms with Crippen LogP contribution in [0.25, 0.3) is 0 Å². The zero-order chi connectivity index (χ0) is 19.7. The molecule has 0 aromatic heterocycles. The maximum Gasteiger partial charge on any atom is 0.119 e. The SMILES string of the molecule is C=CCCCCCCCCCCCCCCCc1cccc(OCC2CO2)c1. The van der Waals surface area contributed by atoms with Gasteiger partial charge in [0, 0.05) is 0 Å². The normalized spacial score (nSPS) is 15.5. The van der Waals surface area contributed by atoms with Crippen molar-refractivity contribution >= 4 is 0 Å². The highest BCUT2D eigenvalue weighted by molar-refractivity contribution is 5.28. The van der Waals surface area contributed by atoms with Gasteiger partial charge in [0.05, 0.1) is 6.61 Å². The molecule has 0 aliphatic carbocycles. The van der Waals surface area contributed by atoms with Gasteiger partial charge in [0.25, 0.3) is 0 Å². The van der Waals surface area contributed by atoms with E-state index in [1.54, 1.807) is 0 Å². The Balaban J connectivity index is 1.34. The van der Waals surface area contributed by atoms with Crippen molar-refractivity contribution in [2.45, 2.75) is 102 Å². The lowest BCUT2D eigenvalue weighted by molar-refractivity contribution is 0.263. The van der Waals surface area contributed by atoms with Gasteiger partial charge in [-0.15, -0.1) is 6.58 Å². The van der Waals surface area contributed by atoms with E-state index in [2.05, 4.69) is 30.8 Å². The van der Waals surface area contributed by atoms with E-state index in [1.165, 1.54) is 102 Å². The van der Waals surface area contributed by atoms with Gasteiger partial charge in [-0.05, 0) is 43.4 Å². The predicted octanol–water partition coefficient (Wildman–Crippen LogP) is 7.65. The molecule has 2 nitrogen and oxygen atoms in total. The lowest BCUT2D eigenvalue weighted by Crippen LogP contribution is -2.04. The van der Waals surface area contributed by atoms with Crippen LogP contribution in [-0.4, -0.2) is 19.3 Å². The molecule has 1 saturated heterocycles. The Morgan fingerprint density at radius 1 is 0.857 bits per heavy atom. The molecule has 1 heterocycles. The zero-order valence-corrected chi connectivity index (χ0v) is 18.0. The molecule has 0 saturated carbocycles. The van der Waals surface area contributed by atoms with Crippen LogP contribution < -0.4 is 4.74 Å². The number of hydrogen-bond donors (Lipinski definition) is 0. The first-order chi connectivity index (χ1) is 13.9. The van der Waals surface area contributed by atoms with E-state index < -0.39 is 0 Å². The van der Waals surface area contributed by atoms with Crippen LogP contribution in [0.2, 0.25) is 0 Å². The van der Waals surface area contributed by atoms with E-state index in [0.717, 1.165) is 12.4 Å². The summed E-state index contributed by atoms with van der Waals surface area (Å²) < 4.78 is 11.0. The first kappa shape index (κ1) is 23.0. The lowest BCUT2D eigenvalue weighted by Gasteiger charge is -2.07. The van der Waals surface area contributed by atoms with Crippen LogP contribution in [0.15, 0.2) is 36.9 Å². The Kier molecular flexibility index (Phi) is 12.8. The summed E-state index contributed by atoms with van der Waals surface area (Å²) in [5.74, 6) is 0.991. The summed E-state index contributed by atoms with van der Waals surface area (Å²) in [5, 5.41) is 0. The van der Waals surface area contributed by atoms with Gasteiger partial charge in [-0.25, -0.2) is 0 Å². The molecule has 28 heavy (non-hydrogen) atoms. The van der Waals surface area contributed by atoms with E-state index in [-0.39, 0.29) is 0 Å². The molecule has 0 N–H and O–H groups in total. The van der Waals surface area contributed by atoms with Crippen LogP contribution in [-0.2, 0) is 11.2 Å². The Hall–Kier alpha value is -1.28. The Morgan fingerprint density at radius 2 is 1.43 bits per heavy atom. The number of hydrogen-bond acceptors (Lipinski definition) is 2. The molecule has 2 heteroatoms. The van der Waals surface area contributed by atoms with Gasteiger partial charge >= 0.3 is 0 Å². The molecule has 1 aliphatic heterocycles. The third-order valence-electron chi connectivity index (χ3n) is 5.61. The number of aryl methyl sites for hydroxylation is 1. The van der Waals surface area contributed by atoms with E-state index >= 15 is 0 Å². The lowest BCUT2D eigenvalue weighted by atomic mass is 10.0. The molecule has 0 bridgehead atoms. The monoisotopic (exact) mass is 386 g/mol. The highest BCUT2D eigenvalue weighted by Gasteiger charge is 2.22. The largest absolute Gasteiger partial charge is 0.491 e. The molecule has 1 aliphatic rings. The molecule has 158 valence electrons. The highest BCUT2D eigenvalue weighted by Crippen LogP contribution is 2.19. The Morgan fingerprint density at radius 3 is 2.00 bits per heavy atom. The molecular weight excluding hydrogens is 344 g/mol. The topological polar surface area (TPSA) is 21.8 Å². The molecule has 0 radical (unpaired) electrons. The minimum atomic E-state index is 0.330. The van der Waals surface area contributed by atoms with Gasteiger partial charge in [0.15, 0.2) is 0 Å². The average molecular weight is 387 g/mol. The number of benzene rings is 1. The van der Waals surface area contributed by atoms with Crippen molar-refractivity contribution in [2.75, 3.05) is 13.2 Å². The number of ether oxygens (including phenoxy) is 2. The van der Waals surface area contributed by atoms with Gasteiger partial charge in [-0.3, -0.25) is 0 Å². The van der Waals surface area contributed by atoms with Gasteiger partial charge in [-0.1, -0.05) is 88.8 Å². The van der Waals surface area contributed by atoms with Crippen LogP contribution >= 0.6 is 0 Å². The van der Waals surface area contributed by atoms with Gasteiger partial charge in [0.2, 0.25) is 0 Å². The summed E-state index contributed by atoms with van der Waals surface area (Å²) in [4.78, 5) is 0. The maximum absolute atomic E-state index is 5.77. The second kappa shape index (κ2) is 15.6. The summed E-state index contributed by atoms with van der Waals surface area (Å²) in [6, 6.07) is 8.58. The fraction of sp³-hybridized carbons (Fsp3) is 0.692. The van der Waals surface area contributed by atoms with Crippen molar-refractivity contribution in [2.24, 2.45) is 0 Å². The van der Waals surface area contributed by atoms with Crippen molar-refractivity contribution in [1.29, 1.82) is 0 Å². The fourth-order valence-corrected chi connectivity index (χ4v) is 3.71. The van der Waals surface area contributed by atoms with E-state index in [9.17, 15) is 0 Å². The van der Waals surface area contributed by atoms with Gasteiger partial charge < -0.3 is 9.47 Å². The second-order valence-electron chi connectivity index (χ2n) is 8.34. The maximum atomic E-state index is 5.77. The average Bonchev–Trinajstić information content (AvgIpc) is 3.54. The number of unbranched alkanes of at least 4 members (excludes halogenated alkanes) is 13. The van der Waals surface area contributed by atoms with Crippen LogP contribution in [0.5, 0.6) is 5.75 Å². The molecule has 1 atom stereocenters. The van der Waals surface area contributed by atoms with Crippen molar-refractivity contribution < 1.29 is 9.47 Å². The molecule has 1 aromatic carbocycles. The highest BCUT2D eigenvalue weighted by atomic mass is 16.6. The predicted molar refractivity (Wildman–Crippen MR) is 120 cm³/mol.